The maximum Gasteiger partial charge on any atom is 0.241 e. The molecule has 0 aliphatic carbocycles. The first-order valence-electron chi connectivity index (χ1n) is 9.62. The monoisotopic (exact) mass is 418 g/mol. The molecule has 0 saturated heterocycles. The van der Waals surface area contributed by atoms with Crippen molar-refractivity contribution in [2.45, 2.75) is 33.2 Å². The van der Waals surface area contributed by atoms with Gasteiger partial charge < -0.3 is 14.8 Å². The second kappa shape index (κ2) is 8.73. The largest absolute Gasteiger partial charge is 0.454 e. The fraction of sp³-hybridized carbons (Fsp3) is 0.381. The van der Waals surface area contributed by atoms with Gasteiger partial charge >= 0.3 is 0 Å². The van der Waals surface area contributed by atoms with Crippen LogP contribution in [-0.2, 0) is 21.2 Å². The summed E-state index contributed by atoms with van der Waals surface area (Å²) in [7, 11) is -3.66. The summed E-state index contributed by atoms with van der Waals surface area (Å²) < 4.78 is 37.0. The van der Waals surface area contributed by atoms with Crippen LogP contribution in [0.15, 0.2) is 42.5 Å². The van der Waals surface area contributed by atoms with Crippen LogP contribution >= 0.6 is 0 Å². The van der Waals surface area contributed by atoms with Crippen molar-refractivity contribution < 1.29 is 22.7 Å². The van der Waals surface area contributed by atoms with Crippen LogP contribution in [0.3, 0.4) is 0 Å². The standard InChI is InChI=1S/C21H26N2O5S/c1-4-16-6-8-17(9-7-16)15(3)22-21(24)13-23(29(25,26)5-2)18-10-11-19-20(12-18)28-14-27-19/h6-12,15H,4-5,13-14H2,1-3H3,(H,22,24)/t15-/m0/s1. The van der Waals surface area contributed by atoms with Crippen LogP contribution < -0.4 is 19.1 Å². The molecular formula is C21H26N2O5S. The van der Waals surface area contributed by atoms with E-state index in [1.54, 1.807) is 25.1 Å². The molecule has 0 spiro atoms. The normalized spacial score (nSPS) is 13.8. The molecule has 1 atom stereocenters. The molecule has 0 radical (unpaired) electrons. The van der Waals surface area contributed by atoms with Crippen molar-refractivity contribution >= 4 is 21.6 Å². The van der Waals surface area contributed by atoms with Gasteiger partial charge in [-0.25, -0.2) is 8.42 Å². The number of hydrogen-bond acceptors (Lipinski definition) is 5. The maximum atomic E-state index is 12.7. The molecule has 3 rings (SSSR count). The summed E-state index contributed by atoms with van der Waals surface area (Å²) in [5.41, 5.74) is 2.55. The van der Waals surface area contributed by atoms with Crippen LogP contribution in [0.2, 0.25) is 0 Å². The van der Waals surface area contributed by atoms with Crippen LogP contribution in [0.1, 0.15) is 37.9 Å². The molecule has 1 aliphatic rings. The highest BCUT2D eigenvalue weighted by Crippen LogP contribution is 2.36. The van der Waals surface area contributed by atoms with Gasteiger partial charge in [0, 0.05) is 6.07 Å². The predicted octanol–water partition coefficient (Wildman–Crippen LogP) is 3.01. The van der Waals surface area contributed by atoms with Gasteiger partial charge in [0.2, 0.25) is 22.7 Å². The third kappa shape index (κ3) is 4.82. The minimum atomic E-state index is -3.66. The van der Waals surface area contributed by atoms with Crippen molar-refractivity contribution in [3.63, 3.8) is 0 Å². The lowest BCUT2D eigenvalue weighted by Crippen LogP contribution is -2.42. The Morgan fingerprint density at radius 2 is 1.79 bits per heavy atom. The van der Waals surface area contributed by atoms with Crippen LogP contribution in [0.25, 0.3) is 0 Å². The van der Waals surface area contributed by atoms with E-state index in [0.29, 0.717) is 17.2 Å². The lowest BCUT2D eigenvalue weighted by Gasteiger charge is -2.24. The van der Waals surface area contributed by atoms with Gasteiger partial charge in [0.1, 0.15) is 6.54 Å². The third-order valence-electron chi connectivity index (χ3n) is 4.90. The number of anilines is 1. The number of rotatable bonds is 8. The van der Waals surface area contributed by atoms with Crippen molar-refractivity contribution in [2.75, 3.05) is 23.4 Å². The number of hydrogen-bond donors (Lipinski definition) is 1. The maximum absolute atomic E-state index is 12.7. The van der Waals surface area contributed by atoms with Crippen LogP contribution in [0, 0.1) is 0 Å². The number of benzene rings is 2. The fourth-order valence-corrected chi connectivity index (χ4v) is 4.15. The number of fused-ring (bicyclic) bond motifs is 1. The second-order valence-electron chi connectivity index (χ2n) is 6.83. The van der Waals surface area contributed by atoms with E-state index < -0.39 is 10.0 Å². The molecule has 0 fully saturated rings. The van der Waals surface area contributed by atoms with Gasteiger partial charge in [-0.3, -0.25) is 9.10 Å². The van der Waals surface area contributed by atoms with E-state index in [-0.39, 0.29) is 31.0 Å². The fourth-order valence-electron chi connectivity index (χ4n) is 3.09. The topological polar surface area (TPSA) is 84.9 Å². The molecule has 1 heterocycles. The highest BCUT2D eigenvalue weighted by Gasteiger charge is 2.26. The van der Waals surface area contributed by atoms with Gasteiger partial charge in [0.05, 0.1) is 17.5 Å². The van der Waals surface area contributed by atoms with Gasteiger partial charge in [0.25, 0.3) is 0 Å². The van der Waals surface area contributed by atoms with Crippen molar-refractivity contribution in [1.82, 2.24) is 5.32 Å². The summed E-state index contributed by atoms with van der Waals surface area (Å²) in [6.07, 6.45) is 0.945. The number of nitrogens with zero attached hydrogens (tertiary/aromatic N) is 1. The summed E-state index contributed by atoms with van der Waals surface area (Å²) in [4.78, 5) is 12.7. The van der Waals surface area contributed by atoms with Crippen LogP contribution in [-0.4, -0.2) is 33.4 Å². The molecule has 2 aromatic carbocycles. The van der Waals surface area contributed by atoms with Crippen molar-refractivity contribution in [3.8, 4) is 11.5 Å². The number of nitrogens with one attached hydrogen (secondary N) is 1. The average molecular weight is 419 g/mol. The summed E-state index contributed by atoms with van der Waals surface area (Å²) in [5.74, 6) is 0.509. The first-order valence-corrected chi connectivity index (χ1v) is 11.2. The van der Waals surface area contributed by atoms with Crippen molar-refractivity contribution in [3.05, 3.63) is 53.6 Å². The summed E-state index contributed by atoms with van der Waals surface area (Å²) in [5, 5.41) is 2.88. The third-order valence-corrected chi connectivity index (χ3v) is 6.64. The summed E-state index contributed by atoms with van der Waals surface area (Å²) in [6, 6.07) is 12.6. The Morgan fingerprint density at radius 1 is 1.10 bits per heavy atom. The molecule has 0 aromatic heterocycles. The second-order valence-corrected chi connectivity index (χ2v) is 9.01. The zero-order chi connectivity index (χ0) is 21.0. The molecule has 8 heteroatoms. The highest BCUT2D eigenvalue weighted by atomic mass is 32.2. The molecule has 0 unspecified atom stereocenters. The summed E-state index contributed by atoms with van der Waals surface area (Å²) >= 11 is 0. The average Bonchev–Trinajstić information content (AvgIpc) is 3.19. The predicted molar refractivity (Wildman–Crippen MR) is 112 cm³/mol. The number of aryl methyl sites for hydroxylation is 1. The SMILES string of the molecule is CCc1ccc([C@H](C)NC(=O)CN(c2ccc3c(c2)OCO3)S(=O)(=O)CC)cc1. The van der Waals surface area contributed by atoms with Crippen LogP contribution in [0.4, 0.5) is 5.69 Å². The molecule has 1 N–H and O–H groups in total. The zero-order valence-electron chi connectivity index (χ0n) is 16.8. The van der Waals surface area contributed by atoms with Gasteiger partial charge in [-0.2, -0.15) is 0 Å². The van der Waals surface area contributed by atoms with E-state index in [1.807, 2.05) is 31.2 Å². The van der Waals surface area contributed by atoms with E-state index in [0.717, 1.165) is 16.3 Å². The first-order chi connectivity index (χ1) is 13.8. The first kappa shape index (κ1) is 21.0. The molecule has 29 heavy (non-hydrogen) atoms. The number of sulfonamides is 1. The van der Waals surface area contributed by atoms with E-state index in [9.17, 15) is 13.2 Å². The molecule has 156 valence electrons. The Bertz CT molecular complexity index is 973. The Labute approximate surface area is 171 Å². The molecule has 1 aliphatic heterocycles. The molecule has 2 aromatic rings. The van der Waals surface area contributed by atoms with Crippen molar-refractivity contribution in [2.24, 2.45) is 0 Å². The van der Waals surface area contributed by atoms with Crippen molar-refractivity contribution in [1.29, 1.82) is 0 Å². The molecule has 0 bridgehead atoms. The lowest BCUT2D eigenvalue weighted by molar-refractivity contribution is -0.120. The molecule has 1 amide bonds. The molecule has 7 nitrogen and oxygen atoms in total. The summed E-state index contributed by atoms with van der Waals surface area (Å²) in [6.45, 7) is 5.28. The highest BCUT2D eigenvalue weighted by molar-refractivity contribution is 7.92. The van der Waals surface area contributed by atoms with E-state index in [1.165, 1.54) is 5.56 Å². The van der Waals surface area contributed by atoms with Gasteiger partial charge in [-0.1, -0.05) is 31.2 Å². The molecule has 0 saturated carbocycles. The Morgan fingerprint density at radius 3 is 2.45 bits per heavy atom. The Hall–Kier alpha value is -2.74. The number of carbonyl (C=O) groups excluding carboxylic acids is 1. The van der Waals surface area contributed by atoms with Crippen LogP contribution in [0.5, 0.6) is 11.5 Å². The quantitative estimate of drug-likeness (QED) is 0.712. The minimum absolute atomic E-state index is 0.0914. The van der Waals surface area contributed by atoms with E-state index in [2.05, 4.69) is 12.2 Å². The lowest BCUT2D eigenvalue weighted by atomic mass is 10.1. The zero-order valence-corrected chi connectivity index (χ0v) is 17.7. The Kier molecular flexibility index (Phi) is 6.32. The van der Waals surface area contributed by atoms with Gasteiger partial charge in [-0.05, 0) is 43.5 Å². The smallest absolute Gasteiger partial charge is 0.241 e. The number of carbonyl (C=O) groups is 1. The van der Waals surface area contributed by atoms with Gasteiger partial charge in [-0.15, -0.1) is 0 Å². The number of ether oxygens (including phenoxy) is 2. The minimum Gasteiger partial charge on any atom is -0.454 e. The number of amides is 1. The van der Waals surface area contributed by atoms with E-state index >= 15 is 0 Å². The Balaban J connectivity index is 1.76. The van der Waals surface area contributed by atoms with Gasteiger partial charge in [0.15, 0.2) is 11.5 Å². The van der Waals surface area contributed by atoms with E-state index in [4.69, 9.17) is 9.47 Å². The molecular weight excluding hydrogens is 392 g/mol.